The molecule has 2 N–H and O–H groups in total. The molecule has 1 amide bonds. The fraction of sp³-hybridized carbons (Fsp3) is 0.600. The largest absolute Gasteiger partial charge is 0.364 e. The van der Waals surface area contributed by atoms with Crippen molar-refractivity contribution in [1.29, 1.82) is 0 Å². The van der Waals surface area contributed by atoms with Crippen LogP contribution in [0.5, 0.6) is 0 Å². The van der Waals surface area contributed by atoms with Crippen LogP contribution in [0.15, 0.2) is 16.9 Å². The smallest absolute Gasteiger partial charge is 0.234 e. The van der Waals surface area contributed by atoms with E-state index in [9.17, 15) is 4.79 Å². The normalized spacial score (nSPS) is 11.4. The third kappa shape index (κ3) is 5.17. The Labute approximate surface area is 89.2 Å². The molecule has 0 aliphatic carbocycles. The van der Waals surface area contributed by atoms with Crippen LogP contribution in [0.2, 0.25) is 0 Å². The molecule has 1 aromatic rings. The van der Waals surface area contributed by atoms with Crippen molar-refractivity contribution in [3.05, 3.63) is 18.0 Å². The Kier molecular flexibility index (Phi) is 3.85. The molecule has 1 aromatic heterocycles. The predicted molar refractivity (Wildman–Crippen MR) is 56.1 cm³/mol. The molecule has 5 heteroatoms. The summed E-state index contributed by atoms with van der Waals surface area (Å²) in [6.07, 6.45) is 1.51. The van der Waals surface area contributed by atoms with Gasteiger partial charge in [-0.1, -0.05) is 5.16 Å². The molecule has 0 atom stereocenters. The van der Waals surface area contributed by atoms with Crippen molar-refractivity contribution in [1.82, 2.24) is 15.8 Å². The first kappa shape index (κ1) is 11.7. The Bertz CT molecular complexity index is 301. The first-order valence-corrected chi connectivity index (χ1v) is 4.88. The van der Waals surface area contributed by atoms with E-state index in [1.807, 2.05) is 20.8 Å². The fourth-order valence-electron chi connectivity index (χ4n) is 1.10. The minimum absolute atomic E-state index is 0.0222. The van der Waals surface area contributed by atoms with Crippen LogP contribution < -0.4 is 10.6 Å². The van der Waals surface area contributed by atoms with Crippen molar-refractivity contribution in [3.63, 3.8) is 0 Å². The zero-order chi connectivity index (χ0) is 11.3. The zero-order valence-electron chi connectivity index (χ0n) is 9.33. The molecule has 0 spiro atoms. The third-order valence-corrected chi connectivity index (χ3v) is 1.60. The molecule has 0 saturated heterocycles. The predicted octanol–water partition coefficient (Wildman–Crippen LogP) is 0.679. The number of carbonyl (C=O) groups is 1. The van der Waals surface area contributed by atoms with Crippen molar-refractivity contribution in [2.75, 3.05) is 6.54 Å². The van der Waals surface area contributed by atoms with E-state index in [4.69, 9.17) is 0 Å². The zero-order valence-corrected chi connectivity index (χ0v) is 9.33. The molecule has 1 heterocycles. The molecule has 0 saturated carbocycles. The molecular weight excluding hydrogens is 194 g/mol. The quantitative estimate of drug-likeness (QED) is 0.768. The van der Waals surface area contributed by atoms with Crippen molar-refractivity contribution in [2.45, 2.75) is 32.9 Å². The van der Waals surface area contributed by atoms with Gasteiger partial charge in [-0.15, -0.1) is 0 Å². The Morgan fingerprint density at radius 2 is 2.27 bits per heavy atom. The minimum Gasteiger partial charge on any atom is -0.364 e. The Morgan fingerprint density at radius 3 is 2.80 bits per heavy atom. The average molecular weight is 211 g/mol. The van der Waals surface area contributed by atoms with E-state index < -0.39 is 0 Å². The van der Waals surface area contributed by atoms with Crippen LogP contribution in [0, 0.1) is 0 Å². The average Bonchev–Trinajstić information content (AvgIpc) is 2.53. The van der Waals surface area contributed by atoms with Gasteiger partial charge in [-0.3, -0.25) is 4.79 Å². The first-order valence-electron chi connectivity index (χ1n) is 4.88. The van der Waals surface area contributed by atoms with Gasteiger partial charge in [0, 0.05) is 18.2 Å². The summed E-state index contributed by atoms with van der Waals surface area (Å²) in [6, 6.07) is 1.76. The van der Waals surface area contributed by atoms with E-state index in [1.54, 1.807) is 6.07 Å². The molecule has 5 nitrogen and oxygen atoms in total. The molecule has 0 aliphatic rings. The number of nitrogens with one attached hydrogen (secondary N) is 2. The Hall–Kier alpha value is -1.36. The van der Waals surface area contributed by atoms with Crippen molar-refractivity contribution in [2.24, 2.45) is 0 Å². The van der Waals surface area contributed by atoms with Crippen LogP contribution in [0.1, 0.15) is 26.5 Å². The lowest BCUT2D eigenvalue weighted by Gasteiger charge is -2.20. The molecule has 0 aromatic carbocycles. The maximum absolute atomic E-state index is 11.4. The highest BCUT2D eigenvalue weighted by atomic mass is 16.5. The summed E-state index contributed by atoms with van der Waals surface area (Å²) in [5, 5.41) is 9.55. The lowest BCUT2D eigenvalue weighted by Crippen LogP contribution is -2.44. The molecule has 0 fully saturated rings. The van der Waals surface area contributed by atoms with E-state index in [0.29, 0.717) is 6.54 Å². The van der Waals surface area contributed by atoms with Crippen molar-refractivity contribution >= 4 is 5.91 Å². The number of nitrogens with zero attached hydrogens (tertiary/aromatic N) is 1. The third-order valence-electron chi connectivity index (χ3n) is 1.60. The number of amides is 1. The van der Waals surface area contributed by atoms with Crippen LogP contribution in [0.3, 0.4) is 0 Å². The second-order valence-electron chi connectivity index (χ2n) is 4.39. The van der Waals surface area contributed by atoms with Crippen LogP contribution in [-0.4, -0.2) is 23.1 Å². The lowest BCUT2D eigenvalue weighted by molar-refractivity contribution is -0.121. The molecule has 0 unspecified atom stereocenters. The monoisotopic (exact) mass is 211 g/mol. The van der Waals surface area contributed by atoms with Gasteiger partial charge in [0.15, 0.2) is 0 Å². The molecule has 1 rings (SSSR count). The van der Waals surface area contributed by atoms with E-state index in [1.165, 1.54) is 6.26 Å². The van der Waals surface area contributed by atoms with Gasteiger partial charge < -0.3 is 15.2 Å². The molecule has 84 valence electrons. The summed E-state index contributed by atoms with van der Waals surface area (Å²) < 4.78 is 4.66. The topological polar surface area (TPSA) is 67.2 Å². The highest BCUT2D eigenvalue weighted by Crippen LogP contribution is 1.97. The maximum atomic E-state index is 11.4. The van der Waals surface area contributed by atoms with Gasteiger partial charge in [0.05, 0.1) is 12.2 Å². The molecule has 0 radical (unpaired) electrons. The van der Waals surface area contributed by atoms with Gasteiger partial charge >= 0.3 is 0 Å². The number of hydrogen-bond acceptors (Lipinski definition) is 4. The number of hydrogen-bond donors (Lipinski definition) is 2. The summed E-state index contributed by atoms with van der Waals surface area (Å²) >= 11 is 0. The summed E-state index contributed by atoms with van der Waals surface area (Å²) in [5.74, 6) is -0.0222. The number of carbonyl (C=O) groups excluding carboxylic acids is 1. The van der Waals surface area contributed by atoms with E-state index in [-0.39, 0.29) is 18.0 Å². The molecule has 0 bridgehead atoms. The summed E-state index contributed by atoms with van der Waals surface area (Å²) in [6.45, 7) is 6.66. The second-order valence-corrected chi connectivity index (χ2v) is 4.39. The van der Waals surface area contributed by atoms with Crippen LogP contribution in [0.4, 0.5) is 0 Å². The van der Waals surface area contributed by atoms with Crippen LogP contribution in [-0.2, 0) is 11.3 Å². The lowest BCUT2D eigenvalue weighted by atomic mass is 10.1. The van der Waals surface area contributed by atoms with E-state index >= 15 is 0 Å². The standard InChI is InChI=1S/C10H17N3O2/c1-10(2,3)12-9(14)7-11-6-8-4-5-15-13-8/h4-5,11H,6-7H2,1-3H3,(H,12,14). The van der Waals surface area contributed by atoms with Crippen LogP contribution >= 0.6 is 0 Å². The summed E-state index contributed by atoms with van der Waals surface area (Å²) in [5.41, 5.74) is 0.602. The van der Waals surface area contributed by atoms with Gasteiger partial charge in [-0.05, 0) is 20.8 Å². The molecule has 0 aliphatic heterocycles. The molecular formula is C10H17N3O2. The Morgan fingerprint density at radius 1 is 1.53 bits per heavy atom. The van der Waals surface area contributed by atoms with Crippen molar-refractivity contribution in [3.8, 4) is 0 Å². The SMILES string of the molecule is CC(C)(C)NC(=O)CNCc1ccon1. The second kappa shape index (κ2) is 4.93. The number of rotatable bonds is 4. The van der Waals surface area contributed by atoms with Gasteiger partial charge in [0.1, 0.15) is 6.26 Å². The van der Waals surface area contributed by atoms with Gasteiger partial charge in [-0.2, -0.15) is 0 Å². The van der Waals surface area contributed by atoms with Gasteiger partial charge in [0.25, 0.3) is 0 Å². The highest BCUT2D eigenvalue weighted by molar-refractivity contribution is 5.78. The first-order chi connectivity index (χ1) is 6.97. The van der Waals surface area contributed by atoms with Crippen LogP contribution in [0.25, 0.3) is 0 Å². The maximum Gasteiger partial charge on any atom is 0.234 e. The summed E-state index contributed by atoms with van der Waals surface area (Å²) in [4.78, 5) is 11.4. The number of aromatic nitrogens is 1. The van der Waals surface area contributed by atoms with Gasteiger partial charge in [-0.25, -0.2) is 0 Å². The summed E-state index contributed by atoms with van der Waals surface area (Å²) in [7, 11) is 0. The van der Waals surface area contributed by atoms with Crippen molar-refractivity contribution < 1.29 is 9.32 Å². The minimum atomic E-state index is -0.188. The van der Waals surface area contributed by atoms with E-state index in [0.717, 1.165) is 5.69 Å². The van der Waals surface area contributed by atoms with E-state index in [2.05, 4.69) is 20.3 Å². The fourth-order valence-corrected chi connectivity index (χ4v) is 1.10. The van der Waals surface area contributed by atoms with Gasteiger partial charge in [0.2, 0.25) is 5.91 Å². The highest BCUT2D eigenvalue weighted by Gasteiger charge is 2.12. The Balaban J connectivity index is 2.18. The molecule has 15 heavy (non-hydrogen) atoms.